The molecule has 3 nitrogen and oxygen atoms in total. The van der Waals surface area contributed by atoms with E-state index in [0.717, 1.165) is 12.3 Å². The molecule has 0 aromatic carbocycles. The summed E-state index contributed by atoms with van der Waals surface area (Å²) in [7, 11) is 0. The van der Waals surface area contributed by atoms with Crippen LogP contribution in [0.25, 0.3) is 0 Å². The first kappa shape index (κ1) is 9.22. The number of thioether (sulfide) groups is 2. The smallest absolute Gasteiger partial charge is 0.187 e. The zero-order chi connectivity index (χ0) is 8.48. The lowest BCUT2D eigenvalue weighted by Gasteiger charge is -2.32. The molecule has 0 aromatic rings. The maximum Gasteiger partial charge on any atom is 0.187 e. The summed E-state index contributed by atoms with van der Waals surface area (Å²) in [6.45, 7) is 2.85. The van der Waals surface area contributed by atoms with Crippen LogP contribution in [0, 0.1) is 5.41 Å². The molecule has 1 atom stereocenters. The lowest BCUT2D eigenvalue weighted by atomic mass is 10.5. The number of hydrogen-bond acceptors (Lipinski definition) is 4. The minimum Gasteiger partial charge on any atom is -0.325 e. The van der Waals surface area contributed by atoms with Crippen molar-refractivity contribution in [1.82, 2.24) is 4.90 Å². The molecule has 1 unspecified atom stereocenters. The summed E-state index contributed by atoms with van der Waals surface area (Å²) in [6, 6.07) is 0. The highest BCUT2D eigenvalue weighted by molar-refractivity contribution is 8.18. The van der Waals surface area contributed by atoms with Crippen LogP contribution in [0.3, 0.4) is 0 Å². The molecule has 1 rings (SSSR count). The number of rotatable bonds is 2. The summed E-state index contributed by atoms with van der Waals surface area (Å²) < 4.78 is -0.383. The predicted octanol–water partition coefficient (Wildman–Crippen LogP) is 0.965. The van der Waals surface area contributed by atoms with Crippen LogP contribution in [-0.4, -0.2) is 33.6 Å². The van der Waals surface area contributed by atoms with E-state index >= 15 is 0 Å². The average Bonchev–Trinajstić information content (AvgIpc) is 2.29. The van der Waals surface area contributed by atoms with Gasteiger partial charge < -0.3 is 4.90 Å². The standard InChI is InChI=1S/C6H13N3S2/c1-3-9-5(7)4-11-6(9,8)10-2/h7H,3-4,8H2,1-2H3. The largest absolute Gasteiger partial charge is 0.325 e. The maximum absolute atomic E-state index is 7.58. The minimum absolute atomic E-state index is 0.383. The fraction of sp³-hybridized carbons (Fsp3) is 0.833. The monoisotopic (exact) mass is 191 g/mol. The summed E-state index contributed by atoms with van der Waals surface area (Å²) in [5.41, 5.74) is 6.01. The molecule has 0 aliphatic carbocycles. The molecule has 1 fully saturated rings. The normalized spacial score (nSPS) is 31.5. The first-order valence-electron chi connectivity index (χ1n) is 3.47. The number of nitrogens with one attached hydrogen (secondary N) is 1. The van der Waals surface area contributed by atoms with Crippen molar-refractivity contribution in [2.75, 3.05) is 18.6 Å². The van der Waals surface area contributed by atoms with Gasteiger partial charge in [-0.2, -0.15) is 0 Å². The molecule has 0 bridgehead atoms. The fourth-order valence-electron chi connectivity index (χ4n) is 1.10. The SMILES string of the molecule is CCN1C(=N)CSC1(N)SC. The van der Waals surface area contributed by atoms with Crippen LogP contribution in [0.2, 0.25) is 0 Å². The van der Waals surface area contributed by atoms with E-state index in [1.54, 1.807) is 23.5 Å². The second-order valence-electron chi connectivity index (χ2n) is 2.31. The zero-order valence-corrected chi connectivity index (χ0v) is 8.39. The molecule has 11 heavy (non-hydrogen) atoms. The van der Waals surface area contributed by atoms with Crippen molar-refractivity contribution in [3.8, 4) is 0 Å². The van der Waals surface area contributed by atoms with Crippen molar-refractivity contribution in [1.29, 1.82) is 5.41 Å². The molecular formula is C6H13N3S2. The maximum atomic E-state index is 7.58. The van der Waals surface area contributed by atoms with Crippen LogP contribution in [0.4, 0.5) is 0 Å². The van der Waals surface area contributed by atoms with E-state index in [1.807, 2.05) is 18.1 Å². The van der Waals surface area contributed by atoms with Gasteiger partial charge in [-0.1, -0.05) is 11.8 Å². The molecule has 0 spiro atoms. The van der Waals surface area contributed by atoms with Crippen LogP contribution in [0.1, 0.15) is 6.92 Å². The van der Waals surface area contributed by atoms with E-state index in [-0.39, 0.29) is 4.33 Å². The lowest BCUT2D eigenvalue weighted by molar-refractivity contribution is 0.399. The van der Waals surface area contributed by atoms with Crippen molar-refractivity contribution >= 4 is 29.4 Å². The van der Waals surface area contributed by atoms with E-state index in [4.69, 9.17) is 11.1 Å². The Labute approximate surface area is 75.6 Å². The van der Waals surface area contributed by atoms with Gasteiger partial charge in [0, 0.05) is 6.54 Å². The van der Waals surface area contributed by atoms with Gasteiger partial charge in [0.2, 0.25) is 0 Å². The van der Waals surface area contributed by atoms with Gasteiger partial charge in [-0.25, -0.2) is 0 Å². The number of hydrogen-bond donors (Lipinski definition) is 2. The molecule has 0 radical (unpaired) electrons. The second-order valence-corrected chi connectivity index (χ2v) is 4.80. The van der Waals surface area contributed by atoms with Gasteiger partial charge in [0.1, 0.15) is 5.84 Å². The summed E-state index contributed by atoms with van der Waals surface area (Å²) in [4.78, 5) is 1.93. The Kier molecular flexibility index (Phi) is 2.72. The molecule has 3 N–H and O–H groups in total. The molecule has 0 saturated carbocycles. The van der Waals surface area contributed by atoms with Gasteiger partial charge in [-0.15, -0.1) is 11.8 Å². The number of amidine groups is 1. The van der Waals surface area contributed by atoms with Gasteiger partial charge in [0.15, 0.2) is 4.33 Å². The molecule has 5 heteroatoms. The summed E-state index contributed by atoms with van der Waals surface area (Å²) in [5.74, 6) is 1.39. The van der Waals surface area contributed by atoms with E-state index < -0.39 is 0 Å². The molecule has 0 aromatic heterocycles. The van der Waals surface area contributed by atoms with Crippen molar-refractivity contribution in [2.24, 2.45) is 5.73 Å². The van der Waals surface area contributed by atoms with Gasteiger partial charge in [-0.05, 0) is 13.2 Å². The summed E-state index contributed by atoms with van der Waals surface area (Å²) in [5, 5.41) is 7.58. The highest BCUT2D eigenvalue weighted by Crippen LogP contribution is 2.39. The van der Waals surface area contributed by atoms with E-state index in [1.165, 1.54) is 0 Å². The predicted molar refractivity (Wildman–Crippen MR) is 53.0 cm³/mol. The van der Waals surface area contributed by atoms with Crippen molar-refractivity contribution in [3.05, 3.63) is 0 Å². The van der Waals surface area contributed by atoms with Crippen LogP contribution >= 0.6 is 23.5 Å². The lowest BCUT2D eigenvalue weighted by Crippen LogP contribution is -2.48. The van der Waals surface area contributed by atoms with Crippen LogP contribution in [0.15, 0.2) is 0 Å². The van der Waals surface area contributed by atoms with Crippen molar-refractivity contribution in [2.45, 2.75) is 11.3 Å². The van der Waals surface area contributed by atoms with Crippen LogP contribution < -0.4 is 5.73 Å². The van der Waals surface area contributed by atoms with Gasteiger partial charge in [0.25, 0.3) is 0 Å². The Hall–Kier alpha value is 0.130. The van der Waals surface area contributed by atoms with Gasteiger partial charge in [0.05, 0.1) is 5.75 Å². The first-order chi connectivity index (χ1) is 5.14. The van der Waals surface area contributed by atoms with Crippen molar-refractivity contribution in [3.63, 3.8) is 0 Å². The Morgan fingerprint density at radius 1 is 1.91 bits per heavy atom. The van der Waals surface area contributed by atoms with Gasteiger partial charge >= 0.3 is 0 Å². The van der Waals surface area contributed by atoms with E-state index in [9.17, 15) is 0 Å². The summed E-state index contributed by atoms with van der Waals surface area (Å²) in [6.07, 6.45) is 1.98. The quantitative estimate of drug-likeness (QED) is 0.639. The highest BCUT2D eigenvalue weighted by Gasteiger charge is 2.39. The number of nitrogens with two attached hydrogens (primary N) is 1. The fourth-order valence-corrected chi connectivity index (χ4v) is 3.10. The van der Waals surface area contributed by atoms with Crippen LogP contribution in [0.5, 0.6) is 0 Å². The molecule has 64 valence electrons. The first-order valence-corrected chi connectivity index (χ1v) is 5.68. The average molecular weight is 191 g/mol. The zero-order valence-electron chi connectivity index (χ0n) is 6.76. The molecule has 1 heterocycles. The Morgan fingerprint density at radius 3 is 2.91 bits per heavy atom. The molecule has 1 saturated heterocycles. The third kappa shape index (κ3) is 1.50. The van der Waals surface area contributed by atoms with E-state index in [0.29, 0.717) is 5.84 Å². The second kappa shape index (κ2) is 3.25. The summed E-state index contributed by atoms with van der Waals surface area (Å²) >= 11 is 3.22. The molecular weight excluding hydrogens is 178 g/mol. The van der Waals surface area contributed by atoms with Gasteiger partial charge in [-0.3, -0.25) is 11.1 Å². The number of nitrogens with zero attached hydrogens (tertiary/aromatic N) is 1. The molecule has 1 aliphatic heterocycles. The Morgan fingerprint density at radius 2 is 2.55 bits per heavy atom. The Balaban J connectivity index is 2.75. The van der Waals surface area contributed by atoms with Crippen molar-refractivity contribution < 1.29 is 0 Å². The topological polar surface area (TPSA) is 53.1 Å². The third-order valence-corrected chi connectivity index (χ3v) is 4.44. The Bertz CT molecular complexity index is 173. The third-order valence-electron chi connectivity index (χ3n) is 1.73. The van der Waals surface area contributed by atoms with E-state index in [2.05, 4.69) is 0 Å². The minimum atomic E-state index is -0.383. The molecule has 0 amide bonds. The van der Waals surface area contributed by atoms with Crippen LogP contribution in [-0.2, 0) is 0 Å². The molecule has 1 aliphatic rings. The highest BCUT2D eigenvalue weighted by atomic mass is 32.2.